The number of carbonyl (C=O) groups excluding carboxylic acids is 2. The van der Waals surface area contributed by atoms with Gasteiger partial charge in [-0.15, -0.1) is 0 Å². The summed E-state index contributed by atoms with van der Waals surface area (Å²) in [6.07, 6.45) is -3.36. The normalized spacial score (nSPS) is 10.7. The van der Waals surface area contributed by atoms with Crippen LogP contribution in [0, 0.1) is 0 Å². The van der Waals surface area contributed by atoms with Crippen molar-refractivity contribution in [2.75, 3.05) is 4.90 Å². The van der Waals surface area contributed by atoms with Crippen LogP contribution in [0.4, 0.5) is 18.9 Å². The maximum atomic E-state index is 13.8. The average Bonchev–Trinajstić information content (AvgIpc) is 3.14. The molecular weight excluding hydrogens is 665 g/mol. The smallest absolute Gasteiger partial charge is 0.475 e. The van der Waals surface area contributed by atoms with E-state index in [2.05, 4.69) is 10.3 Å². The third-order valence-electron chi connectivity index (χ3n) is 7.06. The summed E-state index contributed by atoms with van der Waals surface area (Å²) in [4.78, 5) is 41.2. The number of hydrogen-bond acceptors (Lipinski definition) is 7. The summed E-state index contributed by atoms with van der Waals surface area (Å²) < 4.78 is 43.9. The number of alkyl halides is 3. The van der Waals surface area contributed by atoms with Crippen molar-refractivity contribution >= 4 is 23.5 Å². The number of nitrogens with two attached hydrogens (primary N) is 1. The van der Waals surface area contributed by atoms with E-state index in [1.807, 2.05) is 121 Å². The number of halogens is 3. The zero-order chi connectivity index (χ0) is 36.6. The zero-order valence-corrected chi connectivity index (χ0v) is 27.3. The number of nitrogens with one attached hydrogen (secondary N) is 1. The number of rotatable bonds is 13. The summed E-state index contributed by atoms with van der Waals surface area (Å²) in [6, 6.07) is 37.6. The van der Waals surface area contributed by atoms with E-state index in [-0.39, 0.29) is 31.2 Å². The molecule has 1 aromatic heterocycles. The van der Waals surface area contributed by atoms with E-state index in [1.54, 1.807) is 11.1 Å². The lowest BCUT2D eigenvalue weighted by Crippen LogP contribution is -2.32. The minimum atomic E-state index is -5.08. The molecule has 0 spiro atoms. The number of hydrogen-bond donors (Lipinski definition) is 3. The number of carboxylic acids is 1. The first kappa shape index (κ1) is 37.6. The van der Waals surface area contributed by atoms with Gasteiger partial charge in [0, 0.05) is 25.6 Å². The van der Waals surface area contributed by atoms with Crippen LogP contribution in [-0.4, -0.2) is 34.1 Å². The first-order chi connectivity index (χ1) is 24.5. The minimum Gasteiger partial charge on any atom is -0.475 e. The molecule has 4 aromatic carbocycles. The monoisotopic (exact) mass is 700 g/mol. The van der Waals surface area contributed by atoms with Crippen LogP contribution in [-0.2, 0) is 34.0 Å². The van der Waals surface area contributed by atoms with Crippen molar-refractivity contribution in [2.45, 2.75) is 38.7 Å². The average molecular weight is 701 g/mol. The van der Waals surface area contributed by atoms with Gasteiger partial charge in [0.1, 0.15) is 17.2 Å². The highest BCUT2D eigenvalue weighted by atomic mass is 19.4. The fraction of sp³-hybridized carbons (Fsp3) is 0.158. The lowest BCUT2D eigenvalue weighted by atomic mass is 10.1. The summed E-state index contributed by atoms with van der Waals surface area (Å²) >= 11 is 0. The van der Waals surface area contributed by atoms with Gasteiger partial charge in [0.2, 0.25) is 11.8 Å². The summed E-state index contributed by atoms with van der Waals surface area (Å²) in [5.74, 6) is -0.645. The number of anilines is 1. The van der Waals surface area contributed by atoms with Gasteiger partial charge >= 0.3 is 12.1 Å². The molecule has 0 bridgehead atoms. The number of nitrogens with zero attached hydrogens (tertiary/aromatic N) is 2. The molecule has 0 radical (unpaired) electrons. The fourth-order valence-electron chi connectivity index (χ4n) is 4.54. The zero-order valence-electron chi connectivity index (χ0n) is 27.3. The molecule has 0 atom stereocenters. The molecule has 0 aliphatic rings. The molecule has 0 aliphatic carbocycles. The van der Waals surface area contributed by atoms with Crippen molar-refractivity contribution in [1.82, 2.24) is 10.3 Å². The van der Waals surface area contributed by atoms with Gasteiger partial charge in [-0.1, -0.05) is 60.7 Å². The molecular formula is C38H35F3N4O6. The van der Waals surface area contributed by atoms with Gasteiger partial charge < -0.3 is 30.5 Å². The Morgan fingerprint density at radius 1 is 0.745 bits per heavy atom. The molecule has 1 heterocycles. The Kier molecular flexibility index (Phi) is 13.7. The Hall–Kier alpha value is -6.21. The molecule has 2 amide bonds. The van der Waals surface area contributed by atoms with Crippen LogP contribution in [0.25, 0.3) is 0 Å². The molecule has 0 saturated heterocycles. The van der Waals surface area contributed by atoms with Gasteiger partial charge in [0.15, 0.2) is 5.75 Å². The number of aromatic nitrogens is 1. The molecule has 10 nitrogen and oxygen atoms in total. The van der Waals surface area contributed by atoms with E-state index >= 15 is 0 Å². The lowest BCUT2D eigenvalue weighted by molar-refractivity contribution is -0.192. The van der Waals surface area contributed by atoms with Crippen LogP contribution in [0.5, 0.6) is 23.0 Å². The summed E-state index contributed by atoms with van der Waals surface area (Å²) in [5.41, 5.74) is 8.99. The predicted molar refractivity (Wildman–Crippen MR) is 184 cm³/mol. The van der Waals surface area contributed by atoms with E-state index < -0.39 is 12.1 Å². The quantitative estimate of drug-likeness (QED) is 0.115. The molecule has 264 valence electrons. The number of carboxylic acid groups (broad SMARTS) is 1. The van der Waals surface area contributed by atoms with Crippen LogP contribution in [0.2, 0.25) is 0 Å². The van der Waals surface area contributed by atoms with Crippen LogP contribution in [0.15, 0.2) is 128 Å². The number of para-hydroxylation sites is 3. The van der Waals surface area contributed by atoms with E-state index in [0.29, 0.717) is 36.0 Å². The molecule has 13 heteroatoms. The molecule has 51 heavy (non-hydrogen) atoms. The topological polar surface area (TPSA) is 144 Å². The van der Waals surface area contributed by atoms with Gasteiger partial charge in [0.25, 0.3) is 0 Å². The predicted octanol–water partition coefficient (Wildman–Crippen LogP) is 7.39. The number of pyridine rings is 1. The van der Waals surface area contributed by atoms with Gasteiger partial charge in [-0.3, -0.25) is 14.6 Å². The van der Waals surface area contributed by atoms with Crippen molar-refractivity contribution in [3.63, 3.8) is 0 Å². The third kappa shape index (κ3) is 12.3. The molecule has 0 aliphatic heterocycles. The maximum absolute atomic E-state index is 13.8. The van der Waals surface area contributed by atoms with Crippen molar-refractivity contribution in [3.8, 4) is 23.0 Å². The van der Waals surface area contributed by atoms with Crippen LogP contribution in [0.3, 0.4) is 0 Å². The first-order valence-corrected chi connectivity index (χ1v) is 15.7. The fourth-order valence-corrected chi connectivity index (χ4v) is 4.54. The van der Waals surface area contributed by atoms with Gasteiger partial charge in [-0.05, 0) is 71.8 Å². The Morgan fingerprint density at radius 2 is 1.39 bits per heavy atom. The lowest BCUT2D eigenvalue weighted by Gasteiger charge is -2.25. The van der Waals surface area contributed by atoms with Crippen molar-refractivity contribution in [1.29, 1.82) is 0 Å². The number of carbonyl (C=O) groups is 3. The Morgan fingerprint density at radius 3 is 2.06 bits per heavy atom. The standard InChI is InChI=1S/C36H34N4O4.C2HF3O2/c37-24-28-9-8-13-32(23-28)44-34-15-5-4-14-33(34)40(36(42)21-20-35(41)39-25-29-10-6-7-22-38-29)26-27-16-18-31(19-17-27)43-30-11-2-1-3-12-30;3-2(4,5)1(6)7/h1-19,22-23H,20-21,24-26,37H2,(H,39,41);(H,6,7). The summed E-state index contributed by atoms with van der Waals surface area (Å²) in [5, 5.41) is 9.97. The number of amides is 2. The highest BCUT2D eigenvalue weighted by Gasteiger charge is 2.38. The number of benzene rings is 4. The molecule has 5 aromatic rings. The molecule has 5 rings (SSSR count). The second kappa shape index (κ2) is 18.5. The van der Waals surface area contributed by atoms with Gasteiger partial charge in [-0.2, -0.15) is 13.2 Å². The number of aliphatic carboxylic acids is 1. The molecule has 0 unspecified atom stereocenters. The van der Waals surface area contributed by atoms with Crippen molar-refractivity contribution in [3.05, 3.63) is 144 Å². The van der Waals surface area contributed by atoms with Crippen molar-refractivity contribution in [2.24, 2.45) is 5.73 Å². The second-order valence-corrected chi connectivity index (χ2v) is 10.9. The highest BCUT2D eigenvalue weighted by Crippen LogP contribution is 2.34. The first-order valence-electron chi connectivity index (χ1n) is 15.7. The van der Waals surface area contributed by atoms with Gasteiger partial charge in [-0.25, -0.2) is 4.79 Å². The largest absolute Gasteiger partial charge is 0.490 e. The maximum Gasteiger partial charge on any atom is 0.490 e. The SMILES string of the molecule is NCc1cccc(Oc2ccccc2N(Cc2ccc(Oc3ccccc3)cc2)C(=O)CCC(=O)NCc2ccccn2)c1.O=C(O)C(F)(F)F. The van der Waals surface area contributed by atoms with Crippen molar-refractivity contribution < 1.29 is 42.1 Å². The summed E-state index contributed by atoms with van der Waals surface area (Å²) in [6.45, 7) is 0.951. The van der Waals surface area contributed by atoms with Crippen LogP contribution < -0.4 is 25.4 Å². The van der Waals surface area contributed by atoms with Gasteiger partial charge in [0.05, 0.1) is 24.5 Å². The summed E-state index contributed by atoms with van der Waals surface area (Å²) in [7, 11) is 0. The molecule has 0 saturated carbocycles. The second-order valence-electron chi connectivity index (χ2n) is 10.9. The van der Waals surface area contributed by atoms with Crippen LogP contribution in [0.1, 0.15) is 29.7 Å². The van der Waals surface area contributed by atoms with E-state index in [0.717, 1.165) is 22.6 Å². The Bertz CT molecular complexity index is 1870. The highest BCUT2D eigenvalue weighted by molar-refractivity contribution is 5.96. The van der Waals surface area contributed by atoms with E-state index in [4.69, 9.17) is 25.1 Å². The number of ether oxygens (including phenoxy) is 2. The Labute approximate surface area is 292 Å². The van der Waals surface area contributed by atoms with E-state index in [1.165, 1.54) is 0 Å². The van der Waals surface area contributed by atoms with E-state index in [9.17, 15) is 22.8 Å². The molecule has 4 N–H and O–H groups in total. The minimum absolute atomic E-state index is 0.0141. The third-order valence-corrected chi connectivity index (χ3v) is 7.06. The molecule has 0 fully saturated rings. The van der Waals surface area contributed by atoms with Crippen LogP contribution >= 0.6 is 0 Å². The Balaban J connectivity index is 0.000000755.